The highest BCUT2D eigenvalue weighted by atomic mass is 16.3. The van der Waals surface area contributed by atoms with Crippen LogP contribution in [0.15, 0.2) is 22.7 Å². The largest absolute Gasteiger partial charge is 0.458 e. The van der Waals surface area contributed by atoms with Gasteiger partial charge in [0.1, 0.15) is 16.8 Å². The molecule has 2 N–H and O–H groups in total. The normalized spacial score (nSPS) is 15.7. The summed E-state index contributed by atoms with van der Waals surface area (Å²) in [6.07, 6.45) is 3.78. The second kappa shape index (κ2) is 2.82. The fourth-order valence-electron chi connectivity index (χ4n) is 1.82. The minimum Gasteiger partial charge on any atom is -0.458 e. The molecule has 4 heteroatoms. The smallest absolute Gasteiger partial charge is 0.254 e. The van der Waals surface area contributed by atoms with Gasteiger partial charge in [-0.15, -0.1) is 0 Å². The third-order valence-corrected chi connectivity index (χ3v) is 2.67. The fraction of sp³-hybridized carbons (Fsp3) is 0.273. The molecule has 0 atom stereocenters. The Balaban J connectivity index is 2.33. The van der Waals surface area contributed by atoms with E-state index in [-0.39, 0.29) is 0 Å². The van der Waals surface area contributed by atoms with E-state index in [9.17, 15) is 4.79 Å². The monoisotopic (exact) mass is 202 g/mol. The SMILES string of the molecule is NC(=O)c1c(C2CC2)oc2cccnc12. The van der Waals surface area contributed by atoms with Gasteiger partial charge >= 0.3 is 0 Å². The number of hydrogen-bond donors (Lipinski definition) is 1. The molecule has 3 rings (SSSR count). The van der Waals surface area contributed by atoms with Crippen molar-refractivity contribution in [2.45, 2.75) is 18.8 Å². The van der Waals surface area contributed by atoms with Gasteiger partial charge in [0.05, 0.1) is 0 Å². The van der Waals surface area contributed by atoms with Gasteiger partial charge < -0.3 is 10.2 Å². The number of carbonyl (C=O) groups is 1. The second-order valence-electron chi connectivity index (χ2n) is 3.83. The van der Waals surface area contributed by atoms with Crippen LogP contribution in [0.2, 0.25) is 0 Å². The van der Waals surface area contributed by atoms with Gasteiger partial charge in [0.25, 0.3) is 5.91 Å². The minimum atomic E-state index is -0.450. The summed E-state index contributed by atoms with van der Waals surface area (Å²) in [5.74, 6) is 0.632. The van der Waals surface area contributed by atoms with Gasteiger partial charge in [-0.25, -0.2) is 0 Å². The third kappa shape index (κ3) is 1.21. The van der Waals surface area contributed by atoms with Gasteiger partial charge in [-0.3, -0.25) is 9.78 Å². The van der Waals surface area contributed by atoms with Crippen LogP contribution in [0.4, 0.5) is 0 Å². The van der Waals surface area contributed by atoms with Crippen LogP contribution in [0.1, 0.15) is 34.9 Å². The summed E-state index contributed by atoms with van der Waals surface area (Å²) < 4.78 is 5.62. The Kier molecular flexibility index (Phi) is 1.59. The third-order valence-electron chi connectivity index (χ3n) is 2.67. The molecule has 2 heterocycles. The molecule has 2 aromatic heterocycles. The van der Waals surface area contributed by atoms with Crippen LogP contribution in [0, 0.1) is 0 Å². The molecule has 1 amide bonds. The predicted molar refractivity (Wildman–Crippen MR) is 54.5 cm³/mol. The van der Waals surface area contributed by atoms with Crippen molar-refractivity contribution in [1.82, 2.24) is 4.98 Å². The minimum absolute atomic E-state index is 0.363. The van der Waals surface area contributed by atoms with E-state index in [0.717, 1.165) is 18.6 Å². The highest BCUT2D eigenvalue weighted by Gasteiger charge is 2.33. The number of aromatic nitrogens is 1. The first-order valence-corrected chi connectivity index (χ1v) is 4.94. The van der Waals surface area contributed by atoms with Gasteiger partial charge in [0, 0.05) is 12.1 Å². The van der Waals surface area contributed by atoms with Crippen molar-refractivity contribution in [3.63, 3.8) is 0 Å². The fourth-order valence-corrected chi connectivity index (χ4v) is 1.82. The number of furan rings is 1. The van der Waals surface area contributed by atoms with E-state index < -0.39 is 5.91 Å². The molecule has 76 valence electrons. The average molecular weight is 202 g/mol. The van der Waals surface area contributed by atoms with Crippen LogP contribution < -0.4 is 5.73 Å². The molecule has 1 fully saturated rings. The molecule has 0 aliphatic heterocycles. The quantitative estimate of drug-likeness (QED) is 0.807. The number of primary amides is 1. The molecule has 4 nitrogen and oxygen atoms in total. The van der Waals surface area contributed by atoms with Crippen LogP contribution in [-0.4, -0.2) is 10.9 Å². The van der Waals surface area contributed by atoms with E-state index in [2.05, 4.69) is 4.98 Å². The number of nitrogens with two attached hydrogens (primary N) is 1. The number of rotatable bonds is 2. The molecule has 2 aromatic rings. The van der Waals surface area contributed by atoms with Crippen molar-refractivity contribution in [1.29, 1.82) is 0 Å². The zero-order chi connectivity index (χ0) is 10.4. The molecule has 15 heavy (non-hydrogen) atoms. The molecular formula is C11H10N2O2. The zero-order valence-corrected chi connectivity index (χ0v) is 8.06. The standard InChI is InChI=1S/C11H10N2O2/c12-11(14)8-9-7(2-1-5-13-9)15-10(8)6-3-4-6/h1-2,5-6H,3-4H2,(H2,12,14). The van der Waals surface area contributed by atoms with E-state index in [1.165, 1.54) is 0 Å². The Labute approximate surface area is 86.1 Å². The number of fused-ring (bicyclic) bond motifs is 1. The number of hydrogen-bond acceptors (Lipinski definition) is 3. The Morgan fingerprint density at radius 2 is 2.33 bits per heavy atom. The Hall–Kier alpha value is -1.84. The summed E-state index contributed by atoms with van der Waals surface area (Å²) >= 11 is 0. The van der Waals surface area contributed by atoms with Gasteiger partial charge in [-0.1, -0.05) is 0 Å². The first-order chi connectivity index (χ1) is 7.27. The number of carbonyl (C=O) groups excluding carboxylic acids is 1. The molecule has 1 saturated carbocycles. The van der Waals surface area contributed by atoms with Crippen molar-refractivity contribution in [2.75, 3.05) is 0 Å². The number of pyridine rings is 1. The molecular weight excluding hydrogens is 192 g/mol. The lowest BCUT2D eigenvalue weighted by molar-refractivity contribution is 0.0999. The predicted octanol–water partition coefficient (Wildman–Crippen LogP) is 1.80. The van der Waals surface area contributed by atoms with Crippen LogP contribution >= 0.6 is 0 Å². The second-order valence-corrected chi connectivity index (χ2v) is 3.83. The Morgan fingerprint density at radius 1 is 1.53 bits per heavy atom. The lowest BCUT2D eigenvalue weighted by Crippen LogP contribution is -2.12. The summed E-state index contributed by atoms with van der Waals surface area (Å²) in [7, 11) is 0. The summed E-state index contributed by atoms with van der Waals surface area (Å²) in [4.78, 5) is 15.5. The van der Waals surface area contributed by atoms with E-state index >= 15 is 0 Å². The highest BCUT2D eigenvalue weighted by Crippen LogP contribution is 2.44. The maximum Gasteiger partial charge on any atom is 0.254 e. The maximum atomic E-state index is 11.4. The lowest BCUT2D eigenvalue weighted by atomic mass is 10.1. The van der Waals surface area contributed by atoms with Gasteiger partial charge in [-0.2, -0.15) is 0 Å². The van der Waals surface area contributed by atoms with E-state index in [4.69, 9.17) is 10.2 Å². The van der Waals surface area contributed by atoms with E-state index in [1.54, 1.807) is 18.3 Å². The van der Waals surface area contributed by atoms with Crippen molar-refractivity contribution in [3.05, 3.63) is 29.7 Å². The van der Waals surface area contributed by atoms with Crippen LogP contribution in [0.25, 0.3) is 11.1 Å². The van der Waals surface area contributed by atoms with E-state index in [0.29, 0.717) is 22.6 Å². The Morgan fingerprint density at radius 3 is 3.00 bits per heavy atom. The molecule has 0 radical (unpaired) electrons. The van der Waals surface area contributed by atoms with Gasteiger partial charge in [-0.05, 0) is 25.0 Å². The first kappa shape index (κ1) is 8.47. The van der Waals surface area contributed by atoms with Crippen LogP contribution in [0.3, 0.4) is 0 Å². The van der Waals surface area contributed by atoms with Crippen molar-refractivity contribution in [2.24, 2.45) is 5.73 Å². The summed E-state index contributed by atoms with van der Waals surface area (Å²) in [5.41, 5.74) is 7.05. The van der Waals surface area contributed by atoms with Gasteiger partial charge in [0.2, 0.25) is 0 Å². The van der Waals surface area contributed by atoms with Crippen LogP contribution in [-0.2, 0) is 0 Å². The molecule has 0 aromatic carbocycles. The zero-order valence-electron chi connectivity index (χ0n) is 8.06. The molecule has 0 unspecified atom stereocenters. The molecule has 0 spiro atoms. The maximum absolute atomic E-state index is 11.4. The summed E-state index contributed by atoms with van der Waals surface area (Å²) in [5, 5.41) is 0. The average Bonchev–Trinajstić information content (AvgIpc) is 2.98. The van der Waals surface area contributed by atoms with E-state index in [1.807, 2.05) is 0 Å². The lowest BCUT2D eigenvalue weighted by Gasteiger charge is -1.94. The highest BCUT2D eigenvalue weighted by molar-refractivity contribution is 6.05. The topological polar surface area (TPSA) is 69.1 Å². The van der Waals surface area contributed by atoms with Crippen LogP contribution in [0.5, 0.6) is 0 Å². The summed E-state index contributed by atoms with van der Waals surface area (Å²) in [6, 6.07) is 3.59. The summed E-state index contributed by atoms with van der Waals surface area (Å²) in [6.45, 7) is 0. The molecule has 1 aliphatic rings. The molecule has 0 saturated heterocycles. The van der Waals surface area contributed by atoms with Crippen molar-refractivity contribution < 1.29 is 9.21 Å². The number of nitrogens with zero attached hydrogens (tertiary/aromatic N) is 1. The molecule has 0 bridgehead atoms. The molecule has 1 aliphatic carbocycles. The van der Waals surface area contributed by atoms with Crippen molar-refractivity contribution in [3.8, 4) is 0 Å². The Bertz CT molecular complexity index is 541. The first-order valence-electron chi connectivity index (χ1n) is 4.94. The van der Waals surface area contributed by atoms with Gasteiger partial charge in [0.15, 0.2) is 5.58 Å². The number of amides is 1. The van der Waals surface area contributed by atoms with Crippen molar-refractivity contribution >= 4 is 17.0 Å².